The molecule has 2 saturated heterocycles. The predicted octanol–water partition coefficient (Wildman–Crippen LogP) is 3.99. The van der Waals surface area contributed by atoms with E-state index in [0.29, 0.717) is 6.04 Å². The van der Waals surface area contributed by atoms with Gasteiger partial charge in [0.2, 0.25) is 0 Å². The number of piperidine rings is 1. The number of carbonyl (C=O) groups excluding carboxylic acids is 1. The minimum absolute atomic E-state index is 0.175. The third-order valence-electron chi connectivity index (χ3n) is 6.05. The Morgan fingerprint density at radius 1 is 1.00 bits per heavy atom. The Morgan fingerprint density at radius 3 is 2.50 bits per heavy atom. The number of morpholine rings is 1. The molecule has 1 atom stereocenters. The number of likely N-dealkylation sites (tertiary alicyclic amines) is 1. The molecule has 4 nitrogen and oxygen atoms in total. The summed E-state index contributed by atoms with van der Waals surface area (Å²) in [5.41, 5.74) is 4.44. The van der Waals surface area contributed by atoms with Crippen LogP contribution in [0.25, 0.3) is 11.1 Å². The van der Waals surface area contributed by atoms with E-state index in [1.165, 1.54) is 17.5 Å². The number of benzene rings is 2. The van der Waals surface area contributed by atoms with Gasteiger partial charge in [-0.1, -0.05) is 36.4 Å². The first-order valence-corrected chi connectivity index (χ1v) is 10.5. The summed E-state index contributed by atoms with van der Waals surface area (Å²) in [6.07, 6.45) is 3.42. The van der Waals surface area contributed by atoms with Crippen molar-refractivity contribution in [3.63, 3.8) is 0 Å². The first kappa shape index (κ1) is 19.2. The van der Waals surface area contributed by atoms with Gasteiger partial charge in [-0.05, 0) is 55.0 Å². The topological polar surface area (TPSA) is 32.8 Å². The average molecular weight is 379 g/mol. The lowest BCUT2D eigenvalue weighted by Crippen LogP contribution is -2.51. The molecule has 0 saturated carbocycles. The Hall–Kier alpha value is -2.17. The molecule has 2 aromatic carbocycles. The second-order valence-electron chi connectivity index (χ2n) is 7.95. The van der Waals surface area contributed by atoms with Crippen molar-refractivity contribution in [2.45, 2.75) is 32.2 Å². The molecule has 2 aliphatic rings. The van der Waals surface area contributed by atoms with Gasteiger partial charge < -0.3 is 9.64 Å². The van der Waals surface area contributed by atoms with E-state index in [9.17, 15) is 4.79 Å². The lowest BCUT2D eigenvalue weighted by molar-refractivity contribution is 0.0166. The molecule has 4 heteroatoms. The van der Waals surface area contributed by atoms with Gasteiger partial charge in [-0.25, -0.2) is 0 Å². The van der Waals surface area contributed by atoms with Crippen LogP contribution in [0.4, 0.5) is 0 Å². The summed E-state index contributed by atoms with van der Waals surface area (Å²) in [5, 5.41) is 0. The second-order valence-corrected chi connectivity index (χ2v) is 7.95. The lowest BCUT2D eigenvalue weighted by atomic mass is 9.97. The highest BCUT2D eigenvalue weighted by Crippen LogP contribution is 2.25. The molecular formula is C24H30N2O2. The maximum absolute atomic E-state index is 13.2. The molecule has 1 amide bonds. The fraction of sp³-hybridized carbons (Fsp3) is 0.458. The van der Waals surface area contributed by atoms with E-state index in [4.69, 9.17) is 4.74 Å². The van der Waals surface area contributed by atoms with Crippen molar-refractivity contribution < 1.29 is 9.53 Å². The van der Waals surface area contributed by atoms with Crippen molar-refractivity contribution >= 4 is 5.91 Å². The zero-order valence-electron chi connectivity index (χ0n) is 16.8. The number of nitrogens with zero attached hydrogens (tertiary/aromatic N) is 2. The van der Waals surface area contributed by atoms with Crippen molar-refractivity contribution in [3.05, 3.63) is 59.7 Å². The highest BCUT2D eigenvalue weighted by atomic mass is 16.5. The van der Waals surface area contributed by atoms with E-state index in [1.807, 2.05) is 12.1 Å². The van der Waals surface area contributed by atoms with Crippen LogP contribution in [0, 0.1) is 6.92 Å². The Labute approximate surface area is 168 Å². The number of carbonyl (C=O) groups is 1. The van der Waals surface area contributed by atoms with E-state index in [1.54, 1.807) is 0 Å². The van der Waals surface area contributed by atoms with Gasteiger partial charge in [0.05, 0.1) is 13.2 Å². The van der Waals surface area contributed by atoms with Crippen molar-refractivity contribution in [2.24, 2.45) is 0 Å². The fourth-order valence-corrected chi connectivity index (χ4v) is 4.39. The first-order valence-electron chi connectivity index (χ1n) is 10.5. The molecule has 148 valence electrons. The zero-order valence-corrected chi connectivity index (χ0v) is 16.8. The molecule has 0 unspecified atom stereocenters. The van der Waals surface area contributed by atoms with Gasteiger partial charge in [0, 0.05) is 37.8 Å². The Bertz CT molecular complexity index is 797. The molecule has 2 aliphatic heterocycles. The van der Waals surface area contributed by atoms with Crippen LogP contribution in [0.15, 0.2) is 48.5 Å². The van der Waals surface area contributed by atoms with E-state index in [-0.39, 0.29) is 5.91 Å². The van der Waals surface area contributed by atoms with Gasteiger partial charge >= 0.3 is 0 Å². The summed E-state index contributed by atoms with van der Waals surface area (Å²) < 4.78 is 5.47. The third kappa shape index (κ3) is 4.29. The highest BCUT2D eigenvalue weighted by molar-refractivity contribution is 5.95. The van der Waals surface area contributed by atoms with Gasteiger partial charge in [0.15, 0.2) is 0 Å². The van der Waals surface area contributed by atoms with Gasteiger partial charge in [-0.3, -0.25) is 9.69 Å². The molecule has 2 fully saturated rings. The van der Waals surface area contributed by atoms with E-state index >= 15 is 0 Å². The maximum atomic E-state index is 13.2. The molecule has 0 N–H and O–H groups in total. The second kappa shape index (κ2) is 8.89. The van der Waals surface area contributed by atoms with E-state index in [2.05, 4.69) is 53.1 Å². The fourth-order valence-electron chi connectivity index (χ4n) is 4.39. The first-order chi connectivity index (χ1) is 13.7. The summed E-state index contributed by atoms with van der Waals surface area (Å²) in [4.78, 5) is 17.8. The van der Waals surface area contributed by atoms with Crippen LogP contribution in [0.2, 0.25) is 0 Å². The molecule has 0 spiro atoms. The summed E-state index contributed by atoms with van der Waals surface area (Å²) in [5.74, 6) is 0.175. The van der Waals surface area contributed by atoms with E-state index in [0.717, 1.165) is 63.4 Å². The molecule has 2 heterocycles. The molecule has 0 aromatic heterocycles. The summed E-state index contributed by atoms with van der Waals surface area (Å²) in [6, 6.07) is 16.8. The van der Waals surface area contributed by atoms with Crippen LogP contribution in [-0.4, -0.2) is 61.1 Å². The quantitative estimate of drug-likeness (QED) is 0.806. The SMILES string of the molecule is Cc1ccccc1-c1ccc(C(=O)N2CCCC[C@H]2CN2CCOCC2)cc1. The van der Waals surface area contributed by atoms with Crippen molar-refractivity contribution in [3.8, 4) is 11.1 Å². The maximum Gasteiger partial charge on any atom is 0.254 e. The molecule has 2 aromatic rings. The average Bonchev–Trinajstić information content (AvgIpc) is 2.75. The van der Waals surface area contributed by atoms with E-state index < -0.39 is 0 Å². The lowest BCUT2D eigenvalue weighted by Gasteiger charge is -2.39. The van der Waals surface area contributed by atoms with Gasteiger partial charge in [-0.2, -0.15) is 0 Å². The smallest absolute Gasteiger partial charge is 0.254 e. The van der Waals surface area contributed by atoms with Gasteiger partial charge in [0.25, 0.3) is 5.91 Å². The molecule has 4 rings (SSSR count). The molecule has 0 radical (unpaired) electrons. The largest absolute Gasteiger partial charge is 0.379 e. The highest BCUT2D eigenvalue weighted by Gasteiger charge is 2.29. The van der Waals surface area contributed by atoms with Crippen LogP contribution >= 0.6 is 0 Å². The van der Waals surface area contributed by atoms with Crippen molar-refractivity contribution in [1.82, 2.24) is 9.80 Å². The summed E-state index contributed by atoms with van der Waals surface area (Å²) >= 11 is 0. The monoisotopic (exact) mass is 378 g/mol. The minimum Gasteiger partial charge on any atom is -0.379 e. The van der Waals surface area contributed by atoms with Crippen LogP contribution in [-0.2, 0) is 4.74 Å². The molecule has 0 aliphatic carbocycles. The normalized spacial score (nSPS) is 20.9. The van der Waals surface area contributed by atoms with Crippen LogP contribution in [0.1, 0.15) is 35.2 Å². The van der Waals surface area contributed by atoms with Crippen LogP contribution < -0.4 is 0 Å². The van der Waals surface area contributed by atoms with Crippen molar-refractivity contribution in [2.75, 3.05) is 39.4 Å². The molecule has 28 heavy (non-hydrogen) atoms. The number of hydrogen-bond acceptors (Lipinski definition) is 3. The third-order valence-corrected chi connectivity index (χ3v) is 6.05. The number of amides is 1. The van der Waals surface area contributed by atoms with Gasteiger partial charge in [-0.15, -0.1) is 0 Å². The molecular weight excluding hydrogens is 348 g/mol. The number of rotatable bonds is 4. The summed E-state index contributed by atoms with van der Waals surface area (Å²) in [7, 11) is 0. The Balaban J connectivity index is 1.48. The standard InChI is InChI=1S/C24H30N2O2/c1-19-6-2-3-8-23(19)20-9-11-21(12-10-20)24(27)26-13-5-4-7-22(26)18-25-14-16-28-17-15-25/h2-3,6,8-12,22H,4-5,7,13-18H2,1H3/t22-/m0/s1. The van der Waals surface area contributed by atoms with Crippen LogP contribution in [0.5, 0.6) is 0 Å². The van der Waals surface area contributed by atoms with Crippen LogP contribution in [0.3, 0.4) is 0 Å². The number of ether oxygens (including phenoxy) is 1. The Kier molecular flexibility index (Phi) is 6.08. The predicted molar refractivity (Wildman–Crippen MR) is 113 cm³/mol. The number of hydrogen-bond donors (Lipinski definition) is 0. The Morgan fingerprint density at radius 2 is 1.75 bits per heavy atom. The minimum atomic E-state index is 0.175. The van der Waals surface area contributed by atoms with Gasteiger partial charge in [0.1, 0.15) is 0 Å². The zero-order chi connectivity index (χ0) is 19.3. The summed E-state index contributed by atoms with van der Waals surface area (Å²) in [6.45, 7) is 7.53. The number of aryl methyl sites for hydroxylation is 1. The molecule has 0 bridgehead atoms. The van der Waals surface area contributed by atoms with Crippen molar-refractivity contribution in [1.29, 1.82) is 0 Å².